The second-order valence-electron chi connectivity index (χ2n) is 5.13. The van der Waals surface area contributed by atoms with Crippen molar-refractivity contribution < 1.29 is 8.42 Å². The first-order chi connectivity index (χ1) is 9.99. The van der Waals surface area contributed by atoms with Crippen LogP contribution in [0.15, 0.2) is 12.3 Å². The minimum Gasteiger partial charge on any atom is -0.376 e. The Labute approximate surface area is 125 Å². The molecule has 1 aliphatic rings. The molecule has 2 heterocycles. The van der Waals surface area contributed by atoms with Crippen molar-refractivity contribution in [1.82, 2.24) is 19.2 Å². The predicted molar refractivity (Wildman–Crippen MR) is 82.6 cm³/mol. The van der Waals surface area contributed by atoms with Gasteiger partial charge in [0.05, 0.1) is 11.9 Å². The van der Waals surface area contributed by atoms with E-state index in [0.29, 0.717) is 32.0 Å². The highest BCUT2D eigenvalue weighted by atomic mass is 32.2. The van der Waals surface area contributed by atoms with Gasteiger partial charge in [0.1, 0.15) is 0 Å². The Balaban J connectivity index is 1.78. The lowest BCUT2D eigenvalue weighted by atomic mass is 10.4. The van der Waals surface area contributed by atoms with Gasteiger partial charge in [0, 0.05) is 46.3 Å². The van der Waals surface area contributed by atoms with Crippen molar-refractivity contribution in [3.8, 4) is 0 Å². The van der Waals surface area contributed by atoms with Crippen LogP contribution in [0.2, 0.25) is 0 Å². The van der Waals surface area contributed by atoms with Gasteiger partial charge in [0.2, 0.25) is 0 Å². The van der Waals surface area contributed by atoms with Crippen LogP contribution in [0.3, 0.4) is 0 Å². The van der Waals surface area contributed by atoms with Gasteiger partial charge in [0.25, 0.3) is 10.2 Å². The molecule has 8 nitrogen and oxygen atoms in total. The Bertz CT molecular complexity index is 557. The minimum atomic E-state index is -3.34. The number of hydrogen-bond donors (Lipinski definition) is 2. The fraction of sp³-hybridized carbons (Fsp3) is 0.667. The maximum atomic E-state index is 11.9. The Hall–Kier alpha value is -1.45. The number of hydrogen-bond acceptors (Lipinski definition) is 6. The lowest BCUT2D eigenvalue weighted by molar-refractivity contribution is 0.466. The molecule has 0 saturated carbocycles. The lowest BCUT2D eigenvalue weighted by Crippen LogP contribution is -2.40. The van der Waals surface area contributed by atoms with Crippen LogP contribution in [0, 0.1) is 0 Å². The Kier molecular flexibility index (Phi) is 5.32. The third-order valence-electron chi connectivity index (χ3n) is 3.28. The summed E-state index contributed by atoms with van der Waals surface area (Å²) in [6.45, 7) is 1.99. The SMILES string of the molecule is CN(C)c1cnnc(NCCNS(=O)(=O)N2CCCC2)c1. The van der Waals surface area contributed by atoms with Crippen LogP contribution in [-0.2, 0) is 10.2 Å². The quantitative estimate of drug-likeness (QED) is 0.682. The highest BCUT2D eigenvalue weighted by Gasteiger charge is 2.24. The highest BCUT2D eigenvalue weighted by molar-refractivity contribution is 7.87. The van der Waals surface area contributed by atoms with Crippen LogP contribution < -0.4 is 14.9 Å². The third kappa shape index (κ3) is 4.51. The molecular formula is C12H22N6O2S. The fourth-order valence-corrected chi connectivity index (χ4v) is 3.36. The molecule has 1 aliphatic heterocycles. The van der Waals surface area contributed by atoms with E-state index in [1.54, 1.807) is 6.20 Å². The van der Waals surface area contributed by atoms with Gasteiger partial charge in [-0.15, -0.1) is 5.10 Å². The number of nitrogens with zero attached hydrogens (tertiary/aromatic N) is 4. The molecule has 0 unspecified atom stereocenters. The van der Waals surface area contributed by atoms with Gasteiger partial charge in [-0.2, -0.15) is 17.8 Å². The lowest BCUT2D eigenvalue weighted by Gasteiger charge is -2.16. The molecule has 0 aliphatic carbocycles. The molecule has 0 amide bonds. The second kappa shape index (κ2) is 7.01. The maximum Gasteiger partial charge on any atom is 0.279 e. The smallest absolute Gasteiger partial charge is 0.279 e. The van der Waals surface area contributed by atoms with E-state index in [1.165, 1.54) is 4.31 Å². The van der Waals surface area contributed by atoms with E-state index in [0.717, 1.165) is 18.5 Å². The summed E-state index contributed by atoms with van der Waals surface area (Å²) in [5, 5.41) is 10.9. The van der Waals surface area contributed by atoms with Crippen molar-refractivity contribution in [3.05, 3.63) is 12.3 Å². The van der Waals surface area contributed by atoms with Gasteiger partial charge in [-0.05, 0) is 12.8 Å². The van der Waals surface area contributed by atoms with Crippen LogP contribution in [0.5, 0.6) is 0 Å². The molecule has 0 radical (unpaired) electrons. The summed E-state index contributed by atoms with van der Waals surface area (Å²) < 4.78 is 28.0. The van der Waals surface area contributed by atoms with Crippen LogP contribution in [0.25, 0.3) is 0 Å². The van der Waals surface area contributed by atoms with Gasteiger partial charge >= 0.3 is 0 Å². The zero-order chi connectivity index (χ0) is 15.3. The van der Waals surface area contributed by atoms with Crippen molar-refractivity contribution in [2.24, 2.45) is 0 Å². The van der Waals surface area contributed by atoms with E-state index in [2.05, 4.69) is 20.2 Å². The molecule has 1 fully saturated rings. The van der Waals surface area contributed by atoms with E-state index >= 15 is 0 Å². The Morgan fingerprint density at radius 1 is 1.29 bits per heavy atom. The van der Waals surface area contributed by atoms with Gasteiger partial charge in [-0.3, -0.25) is 0 Å². The molecule has 2 N–H and O–H groups in total. The van der Waals surface area contributed by atoms with Gasteiger partial charge in [-0.25, -0.2) is 4.72 Å². The molecule has 1 aromatic rings. The van der Waals surface area contributed by atoms with E-state index in [9.17, 15) is 8.42 Å². The first-order valence-electron chi connectivity index (χ1n) is 6.98. The molecule has 1 saturated heterocycles. The first kappa shape index (κ1) is 15.9. The Morgan fingerprint density at radius 3 is 2.67 bits per heavy atom. The summed E-state index contributed by atoms with van der Waals surface area (Å²) >= 11 is 0. The summed E-state index contributed by atoms with van der Waals surface area (Å²) in [7, 11) is 0.506. The van der Waals surface area contributed by atoms with Crippen LogP contribution in [0.1, 0.15) is 12.8 Å². The summed E-state index contributed by atoms with van der Waals surface area (Å²) in [6.07, 6.45) is 3.54. The average molecular weight is 314 g/mol. The fourth-order valence-electron chi connectivity index (χ4n) is 2.08. The van der Waals surface area contributed by atoms with Crippen LogP contribution >= 0.6 is 0 Å². The second-order valence-corrected chi connectivity index (χ2v) is 6.88. The van der Waals surface area contributed by atoms with Gasteiger partial charge < -0.3 is 10.2 Å². The summed E-state index contributed by atoms with van der Waals surface area (Å²) in [4.78, 5) is 1.93. The molecule has 2 rings (SSSR count). The van der Waals surface area contributed by atoms with Crippen molar-refractivity contribution in [1.29, 1.82) is 0 Å². The summed E-state index contributed by atoms with van der Waals surface area (Å²) in [6, 6.07) is 1.86. The number of rotatable bonds is 7. The summed E-state index contributed by atoms with van der Waals surface area (Å²) in [5.41, 5.74) is 0.935. The molecular weight excluding hydrogens is 292 g/mol. The normalized spacial score (nSPS) is 16.1. The number of aromatic nitrogens is 2. The molecule has 21 heavy (non-hydrogen) atoms. The molecule has 0 aromatic carbocycles. The van der Waals surface area contributed by atoms with Crippen molar-refractivity contribution >= 4 is 21.7 Å². The molecule has 0 bridgehead atoms. The Morgan fingerprint density at radius 2 is 2.00 bits per heavy atom. The standard InChI is InChI=1S/C12H22N6O2S/c1-17(2)11-9-12(16-14-10-11)13-5-6-15-21(19,20)18-7-3-4-8-18/h9-10,15H,3-8H2,1-2H3,(H,13,16). The molecule has 1 aromatic heterocycles. The van der Waals surface area contributed by atoms with Crippen LogP contribution in [-0.4, -0.2) is 63.2 Å². The third-order valence-corrected chi connectivity index (χ3v) is 4.89. The van der Waals surface area contributed by atoms with Crippen molar-refractivity contribution in [2.45, 2.75) is 12.8 Å². The number of anilines is 2. The van der Waals surface area contributed by atoms with Crippen LogP contribution in [0.4, 0.5) is 11.5 Å². The van der Waals surface area contributed by atoms with Crippen molar-refractivity contribution in [2.75, 3.05) is 50.5 Å². The minimum absolute atomic E-state index is 0.312. The molecule has 118 valence electrons. The zero-order valence-corrected chi connectivity index (χ0v) is 13.2. The van der Waals surface area contributed by atoms with E-state index < -0.39 is 10.2 Å². The topological polar surface area (TPSA) is 90.5 Å². The monoisotopic (exact) mass is 314 g/mol. The highest BCUT2D eigenvalue weighted by Crippen LogP contribution is 2.12. The zero-order valence-electron chi connectivity index (χ0n) is 12.4. The van der Waals surface area contributed by atoms with E-state index in [4.69, 9.17) is 0 Å². The van der Waals surface area contributed by atoms with Gasteiger partial charge in [-0.1, -0.05) is 0 Å². The summed E-state index contributed by atoms with van der Waals surface area (Å²) in [5.74, 6) is 0.626. The van der Waals surface area contributed by atoms with E-state index in [1.807, 2.05) is 25.1 Å². The largest absolute Gasteiger partial charge is 0.376 e. The predicted octanol–water partition coefficient (Wildman–Crippen LogP) is -0.115. The van der Waals surface area contributed by atoms with E-state index in [-0.39, 0.29) is 0 Å². The maximum absolute atomic E-state index is 11.9. The molecule has 0 atom stereocenters. The molecule has 9 heteroatoms. The average Bonchev–Trinajstić information content (AvgIpc) is 2.99. The molecule has 0 spiro atoms. The number of nitrogens with one attached hydrogen (secondary N) is 2. The van der Waals surface area contributed by atoms with Crippen molar-refractivity contribution in [3.63, 3.8) is 0 Å². The first-order valence-corrected chi connectivity index (χ1v) is 8.42. The van der Waals surface area contributed by atoms with Gasteiger partial charge in [0.15, 0.2) is 5.82 Å².